The molecule has 0 radical (unpaired) electrons. The molecule has 404 valence electrons. The van der Waals surface area contributed by atoms with Crippen LogP contribution >= 0.6 is 0 Å². The average Bonchev–Trinajstić information content (AvgIpc) is 3.35. The van der Waals surface area contributed by atoms with Crippen LogP contribution in [0.1, 0.15) is 328 Å². The zero-order valence-electron chi connectivity index (χ0n) is 46.3. The number of aliphatic hydroxyl groups is 1. The fourth-order valence-electron chi connectivity index (χ4n) is 9.32. The average molecular weight is 968 g/mol. The van der Waals surface area contributed by atoms with Crippen LogP contribution in [0.25, 0.3) is 0 Å². The first kappa shape index (κ1) is 66.9. The Morgan fingerprint density at radius 2 is 0.623 bits per heavy atom. The van der Waals surface area contributed by atoms with Crippen LogP contribution in [0.3, 0.4) is 0 Å². The van der Waals surface area contributed by atoms with E-state index in [1.165, 1.54) is 244 Å². The van der Waals surface area contributed by atoms with E-state index in [2.05, 4.69) is 62.5 Å². The van der Waals surface area contributed by atoms with Crippen LogP contribution in [0.2, 0.25) is 0 Å². The molecule has 1 N–H and O–H groups in total. The summed E-state index contributed by atoms with van der Waals surface area (Å²) in [5.41, 5.74) is 0. The summed E-state index contributed by atoms with van der Waals surface area (Å²) in [6, 6.07) is 0. The van der Waals surface area contributed by atoms with Gasteiger partial charge in [-0.2, -0.15) is 0 Å². The molecule has 0 bridgehead atoms. The Morgan fingerprint density at radius 3 is 0.942 bits per heavy atom. The number of carbonyl (C=O) groups excluding carboxylic acids is 2. The standard InChI is InChI=1S/C64H118O5/c1-3-5-7-9-11-13-15-17-19-21-23-24-25-26-27-28-29-30-31-32-33-34-35-36-37-38-39-40-41-43-45-47-49-51-53-55-57-59-64(67)69-62(60-65)61-68-63(66)58-56-54-52-50-48-46-44-42-22-20-18-16-14-12-10-8-6-4-2/h5,7,11,13,17,19,23-24,62,65H,3-4,6,8-10,12,14-16,18,20-22,25-61H2,1-2H3/b7-5-,13-11-,19-17-,24-23-. The highest BCUT2D eigenvalue weighted by Gasteiger charge is 2.16. The van der Waals surface area contributed by atoms with Gasteiger partial charge < -0.3 is 14.6 Å². The number of unbranched alkanes of at least 4 members (excludes halogenated alkanes) is 41. The number of esters is 2. The molecule has 1 atom stereocenters. The number of rotatable bonds is 57. The van der Waals surface area contributed by atoms with Gasteiger partial charge in [0.2, 0.25) is 0 Å². The van der Waals surface area contributed by atoms with E-state index in [9.17, 15) is 14.7 Å². The molecular weight excluding hydrogens is 849 g/mol. The molecule has 5 heteroatoms. The third-order valence-corrected chi connectivity index (χ3v) is 13.9. The largest absolute Gasteiger partial charge is 0.462 e. The highest BCUT2D eigenvalue weighted by molar-refractivity contribution is 5.70. The molecule has 0 aliphatic carbocycles. The molecule has 0 amide bonds. The van der Waals surface area contributed by atoms with E-state index >= 15 is 0 Å². The van der Waals surface area contributed by atoms with Crippen molar-refractivity contribution in [2.45, 2.75) is 335 Å². The minimum atomic E-state index is -0.768. The Labute approximate surface area is 430 Å². The second-order valence-electron chi connectivity index (χ2n) is 20.8. The van der Waals surface area contributed by atoms with Crippen molar-refractivity contribution in [2.75, 3.05) is 13.2 Å². The summed E-state index contributed by atoms with van der Waals surface area (Å²) in [5.74, 6) is -0.569. The third-order valence-electron chi connectivity index (χ3n) is 13.9. The smallest absolute Gasteiger partial charge is 0.306 e. The Balaban J connectivity index is 3.38. The molecule has 69 heavy (non-hydrogen) atoms. The molecule has 0 saturated carbocycles. The molecular formula is C64H118O5. The molecule has 0 aromatic heterocycles. The van der Waals surface area contributed by atoms with Gasteiger partial charge in [0.05, 0.1) is 6.61 Å². The Bertz CT molecular complexity index is 1140. The first-order valence-corrected chi connectivity index (χ1v) is 30.7. The van der Waals surface area contributed by atoms with Gasteiger partial charge in [-0.25, -0.2) is 0 Å². The molecule has 0 aliphatic heterocycles. The van der Waals surface area contributed by atoms with E-state index in [1.807, 2.05) is 0 Å². The van der Waals surface area contributed by atoms with E-state index in [0.29, 0.717) is 12.8 Å². The van der Waals surface area contributed by atoms with Crippen molar-refractivity contribution in [3.05, 3.63) is 48.6 Å². The fraction of sp³-hybridized carbons (Fsp3) is 0.844. The SMILES string of the molecule is CC/C=C\C/C=C\C/C=C\C/C=C\CCCCCCCCCCCCCCCCCCCCCCCCCCC(=O)OC(CO)COC(=O)CCCCCCCCCCCCCCCCCCCC. The van der Waals surface area contributed by atoms with Gasteiger partial charge in [0.1, 0.15) is 6.61 Å². The van der Waals surface area contributed by atoms with Crippen molar-refractivity contribution >= 4 is 11.9 Å². The van der Waals surface area contributed by atoms with Gasteiger partial charge in [-0.1, -0.05) is 313 Å². The number of hydrogen-bond acceptors (Lipinski definition) is 5. The van der Waals surface area contributed by atoms with E-state index in [1.54, 1.807) is 0 Å². The Kier molecular flexibility index (Phi) is 58.3. The molecule has 0 spiro atoms. The molecule has 5 nitrogen and oxygen atoms in total. The summed E-state index contributed by atoms with van der Waals surface area (Å²) >= 11 is 0. The number of ether oxygens (including phenoxy) is 2. The highest BCUT2D eigenvalue weighted by atomic mass is 16.6. The lowest BCUT2D eigenvalue weighted by atomic mass is 10.0. The van der Waals surface area contributed by atoms with Gasteiger partial charge in [-0.05, 0) is 51.4 Å². The van der Waals surface area contributed by atoms with Gasteiger partial charge in [-0.15, -0.1) is 0 Å². The third kappa shape index (κ3) is 58.3. The number of carbonyl (C=O) groups is 2. The molecule has 0 saturated heterocycles. The van der Waals surface area contributed by atoms with Crippen molar-refractivity contribution < 1.29 is 24.2 Å². The van der Waals surface area contributed by atoms with Gasteiger partial charge in [0.15, 0.2) is 6.10 Å². The summed E-state index contributed by atoms with van der Waals surface area (Å²) in [7, 11) is 0. The van der Waals surface area contributed by atoms with Crippen LogP contribution in [0.15, 0.2) is 48.6 Å². The molecule has 0 heterocycles. The van der Waals surface area contributed by atoms with Gasteiger partial charge in [-0.3, -0.25) is 9.59 Å². The van der Waals surface area contributed by atoms with E-state index in [0.717, 1.165) is 57.8 Å². The molecule has 0 aromatic rings. The van der Waals surface area contributed by atoms with Crippen LogP contribution < -0.4 is 0 Å². The number of hydrogen-bond donors (Lipinski definition) is 1. The predicted octanol–water partition coefficient (Wildman–Crippen LogP) is 20.8. The lowest BCUT2D eigenvalue weighted by Gasteiger charge is -2.15. The lowest BCUT2D eigenvalue weighted by Crippen LogP contribution is -2.28. The predicted molar refractivity (Wildman–Crippen MR) is 302 cm³/mol. The summed E-state index contributed by atoms with van der Waals surface area (Å²) in [4.78, 5) is 24.5. The molecule has 0 aliphatic rings. The van der Waals surface area contributed by atoms with E-state index < -0.39 is 6.10 Å². The first-order chi connectivity index (χ1) is 34.1. The van der Waals surface area contributed by atoms with Crippen LogP contribution in [-0.4, -0.2) is 36.4 Å². The van der Waals surface area contributed by atoms with Crippen molar-refractivity contribution in [3.63, 3.8) is 0 Å². The number of aliphatic hydroxyl groups excluding tert-OH is 1. The molecule has 0 aromatic carbocycles. The van der Waals surface area contributed by atoms with Gasteiger partial charge >= 0.3 is 11.9 Å². The minimum Gasteiger partial charge on any atom is -0.462 e. The molecule has 0 rings (SSSR count). The number of allylic oxidation sites excluding steroid dienone is 8. The highest BCUT2D eigenvalue weighted by Crippen LogP contribution is 2.18. The topological polar surface area (TPSA) is 72.8 Å². The van der Waals surface area contributed by atoms with Gasteiger partial charge in [0, 0.05) is 12.8 Å². The fourth-order valence-corrected chi connectivity index (χ4v) is 9.32. The maximum Gasteiger partial charge on any atom is 0.306 e. The maximum absolute atomic E-state index is 12.3. The normalized spacial score (nSPS) is 12.4. The van der Waals surface area contributed by atoms with Crippen LogP contribution in [-0.2, 0) is 19.1 Å². The minimum absolute atomic E-state index is 0.0589. The van der Waals surface area contributed by atoms with Crippen molar-refractivity contribution in [2.24, 2.45) is 0 Å². The quantitative estimate of drug-likeness (QED) is 0.0373. The zero-order valence-corrected chi connectivity index (χ0v) is 46.3. The Hall–Kier alpha value is -2.14. The Morgan fingerprint density at radius 1 is 0.348 bits per heavy atom. The van der Waals surface area contributed by atoms with Crippen LogP contribution in [0.4, 0.5) is 0 Å². The van der Waals surface area contributed by atoms with Gasteiger partial charge in [0.25, 0.3) is 0 Å². The summed E-state index contributed by atoms with van der Waals surface area (Å²) in [5, 5.41) is 9.66. The maximum atomic E-state index is 12.3. The first-order valence-electron chi connectivity index (χ1n) is 30.7. The summed E-state index contributed by atoms with van der Waals surface area (Å²) in [6.45, 7) is 4.08. The van der Waals surface area contributed by atoms with Crippen LogP contribution in [0.5, 0.6) is 0 Å². The molecule has 0 fully saturated rings. The monoisotopic (exact) mass is 967 g/mol. The van der Waals surface area contributed by atoms with Crippen LogP contribution in [0, 0.1) is 0 Å². The van der Waals surface area contributed by atoms with E-state index in [-0.39, 0.29) is 25.2 Å². The lowest BCUT2D eigenvalue weighted by molar-refractivity contribution is -0.161. The zero-order chi connectivity index (χ0) is 49.9. The second kappa shape index (κ2) is 60.2. The second-order valence-corrected chi connectivity index (χ2v) is 20.8. The summed E-state index contributed by atoms with van der Waals surface area (Å²) < 4.78 is 10.7. The molecule has 1 unspecified atom stereocenters. The van der Waals surface area contributed by atoms with Crippen molar-refractivity contribution in [1.29, 1.82) is 0 Å². The van der Waals surface area contributed by atoms with E-state index in [4.69, 9.17) is 9.47 Å². The van der Waals surface area contributed by atoms with Crippen molar-refractivity contribution in [3.8, 4) is 0 Å². The van der Waals surface area contributed by atoms with Crippen molar-refractivity contribution in [1.82, 2.24) is 0 Å². The summed E-state index contributed by atoms with van der Waals surface area (Å²) in [6.07, 6.45) is 79.8.